The Morgan fingerprint density at radius 3 is 1.95 bits per heavy atom. The van der Waals surface area contributed by atoms with Crippen LogP contribution < -0.4 is 0 Å². The van der Waals surface area contributed by atoms with Crippen LogP contribution in [0.25, 0.3) is 0 Å². The zero-order chi connectivity index (χ0) is 14.6. The van der Waals surface area contributed by atoms with Gasteiger partial charge in [-0.25, -0.2) is 0 Å². The monoisotopic (exact) mass is 315 g/mol. The summed E-state index contributed by atoms with van der Waals surface area (Å²) in [4.78, 5) is 0. The number of aromatic nitrogens is 1. The molecule has 0 aromatic carbocycles. The molecule has 3 heteroatoms. The Kier molecular flexibility index (Phi) is 12.9. The minimum atomic E-state index is 0. The molecule has 0 aliphatic heterocycles. The second-order valence-electron chi connectivity index (χ2n) is 5.94. The molecule has 1 heterocycles. The maximum absolute atomic E-state index is 6.02. The van der Waals surface area contributed by atoms with E-state index in [-0.39, 0.29) is 18.6 Å². The molecule has 0 fully saturated rings. The summed E-state index contributed by atoms with van der Waals surface area (Å²) in [5.74, 6) is 0. The maximum Gasteiger partial charge on any atom is 0.130 e. The number of ether oxygens (including phenoxy) is 1. The fourth-order valence-electron chi connectivity index (χ4n) is 2.63. The number of halogens is 1. The highest BCUT2D eigenvalue weighted by molar-refractivity contribution is 5.85. The van der Waals surface area contributed by atoms with Gasteiger partial charge in [0, 0.05) is 12.4 Å². The van der Waals surface area contributed by atoms with Gasteiger partial charge in [-0.3, -0.25) is 0 Å². The van der Waals surface area contributed by atoms with Gasteiger partial charge in [0.2, 0.25) is 0 Å². The Balaban J connectivity index is 0.00000400. The van der Waals surface area contributed by atoms with Crippen LogP contribution in [0.3, 0.4) is 0 Å². The SMILES string of the molecule is CCCCCCCCCCC(C)OC(C)n1cccc1.Cl. The Hall–Kier alpha value is -0.470. The highest BCUT2D eigenvalue weighted by atomic mass is 35.5. The second-order valence-corrected chi connectivity index (χ2v) is 5.94. The van der Waals surface area contributed by atoms with E-state index in [1.807, 2.05) is 12.1 Å². The van der Waals surface area contributed by atoms with Crippen LogP contribution in [-0.2, 0) is 4.74 Å². The third kappa shape index (κ3) is 9.97. The molecule has 124 valence electrons. The van der Waals surface area contributed by atoms with E-state index in [9.17, 15) is 0 Å². The average Bonchev–Trinajstić information content (AvgIpc) is 2.96. The molecule has 21 heavy (non-hydrogen) atoms. The van der Waals surface area contributed by atoms with E-state index in [1.54, 1.807) is 0 Å². The molecule has 0 aliphatic carbocycles. The van der Waals surface area contributed by atoms with Crippen molar-refractivity contribution in [3.63, 3.8) is 0 Å². The summed E-state index contributed by atoms with van der Waals surface area (Å²) in [6.45, 7) is 6.58. The molecule has 0 saturated heterocycles. The number of unbranched alkanes of at least 4 members (excludes halogenated alkanes) is 7. The van der Waals surface area contributed by atoms with Gasteiger partial charge in [-0.15, -0.1) is 12.4 Å². The van der Waals surface area contributed by atoms with Crippen molar-refractivity contribution >= 4 is 12.4 Å². The molecule has 0 saturated carbocycles. The minimum absolute atomic E-state index is 0. The Morgan fingerprint density at radius 1 is 0.857 bits per heavy atom. The summed E-state index contributed by atoms with van der Waals surface area (Å²) in [6, 6.07) is 4.09. The van der Waals surface area contributed by atoms with Crippen LogP contribution in [0.4, 0.5) is 0 Å². The number of hydrogen-bond donors (Lipinski definition) is 0. The van der Waals surface area contributed by atoms with Crippen LogP contribution in [0.1, 0.15) is 84.8 Å². The number of nitrogens with zero attached hydrogens (tertiary/aromatic N) is 1. The molecule has 1 rings (SSSR count). The fraction of sp³-hybridized carbons (Fsp3) is 0.778. The maximum atomic E-state index is 6.02. The summed E-state index contributed by atoms with van der Waals surface area (Å²) in [7, 11) is 0. The molecular weight excluding hydrogens is 282 g/mol. The lowest BCUT2D eigenvalue weighted by Crippen LogP contribution is -2.15. The molecule has 2 atom stereocenters. The van der Waals surface area contributed by atoms with Crippen LogP contribution in [0.15, 0.2) is 24.5 Å². The molecule has 0 N–H and O–H groups in total. The highest BCUT2D eigenvalue weighted by Crippen LogP contribution is 2.16. The third-order valence-corrected chi connectivity index (χ3v) is 3.94. The van der Waals surface area contributed by atoms with E-state index in [2.05, 4.69) is 37.7 Å². The lowest BCUT2D eigenvalue weighted by molar-refractivity contribution is -0.0379. The van der Waals surface area contributed by atoms with Gasteiger partial charge >= 0.3 is 0 Å². The topological polar surface area (TPSA) is 14.2 Å². The van der Waals surface area contributed by atoms with Crippen LogP contribution in [0, 0.1) is 0 Å². The molecule has 1 aromatic heterocycles. The van der Waals surface area contributed by atoms with Crippen molar-refractivity contribution in [2.24, 2.45) is 0 Å². The molecule has 0 spiro atoms. The number of hydrogen-bond acceptors (Lipinski definition) is 1. The van der Waals surface area contributed by atoms with Crippen LogP contribution in [0.2, 0.25) is 0 Å². The van der Waals surface area contributed by atoms with Crippen LogP contribution >= 0.6 is 12.4 Å². The molecule has 0 radical (unpaired) electrons. The lowest BCUT2D eigenvalue weighted by atomic mass is 10.1. The summed E-state index contributed by atoms with van der Waals surface area (Å²) in [6.07, 6.45) is 16.9. The van der Waals surface area contributed by atoms with E-state index in [4.69, 9.17) is 4.74 Å². The van der Waals surface area contributed by atoms with Gasteiger partial charge in [0.15, 0.2) is 0 Å². The molecule has 0 aliphatic rings. The molecule has 2 nitrogen and oxygen atoms in total. The molecule has 1 aromatic rings. The quantitative estimate of drug-likeness (QED) is 0.409. The van der Waals surface area contributed by atoms with E-state index in [0.717, 1.165) is 0 Å². The minimum Gasteiger partial charge on any atom is -0.355 e. The van der Waals surface area contributed by atoms with Gasteiger partial charge in [-0.2, -0.15) is 0 Å². The summed E-state index contributed by atoms with van der Waals surface area (Å²) < 4.78 is 8.13. The Morgan fingerprint density at radius 2 is 1.38 bits per heavy atom. The van der Waals surface area contributed by atoms with Crippen molar-refractivity contribution in [1.82, 2.24) is 4.57 Å². The fourth-order valence-corrected chi connectivity index (χ4v) is 2.63. The largest absolute Gasteiger partial charge is 0.355 e. The summed E-state index contributed by atoms with van der Waals surface area (Å²) in [5, 5.41) is 0. The van der Waals surface area contributed by atoms with Gasteiger partial charge in [0.25, 0.3) is 0 Å². The van der Waals surface area contributed by atoms with Crippen molar-refractivity contribution in [2.75, 3.05) is 0 Å². The van der Waals surface area contributed by atoms with Crippen LogP contribution in [0.5, 0.6) is 0 Å². The van der Waals surface area contributed by atoms with E-state index in [0.29, 0.717) is 6.10 Å². The number of rotatable bonds is 12. The average molecular weight is 316 g/mol. The van der Waals surface area contributed by atoms with Crippen molar-refractivity contribution in [1.29, 1.82) is 0 Å². The van der Waals surface area contributed by atoms with Crippen molar-refractivity contribution in [2.45, 2.75) is 90.9 Å². The predicted octanol–water partition coefficient (Wildman–Crippen LogP) is 6.36. The van der Waals surface area contributed by atoms with Crippen molar-refractivity contribution in [3.8, 4) is 0 Å². The highest BCUT2D eigenvalue weighted by Gasteiger charge is 2.08. The third-order valence-electron chi connectivity index (χ3n) is 3.94. The second kappa shape index (κ2) is 13.2. The van der Waals surface area contributed by atoms with E-state index in [1.165, 1.54) is 57.8 Å². The molecule has 0 amide bonds. The van der Waals surface area contributed by atoms with Gasteiger partial charge in [-0.1, -0.05) is 58.3 Å². The van der Waals surface area contributed by atoms with E-state index < -0.39 is 0 Å². The first-order valence-corrected chi connectivity index (χ1v) is 8.52. The Bertz CT molecular complexity index is 313. The summed E-state index contributed by atoms with van der Waals surface area (Å²) >= 11 is 0. The zero-order valence-electron chi connectivity index (χ0n) is 14.1. The van der Waals surface area contributed by atoms with Gasteiger partial charge in [0.05, 0.1) is 6.10 Å². The van der Waals surface area contributed by atoms with Gasteiger partial charge < -0.3 is 9.30 Å². The van der Waals surface area contributed by atoms with Crippen LogP contribution in [-0.4, -0.2) is 10.7 Å². The standard InChI is InChI=1S/C18H33NO.ClH/c1-4-5-6-7-8-9-10-11-14-17(2)20-18(3)19-15-12-13-16-19;/h12-13,15-18H,4-11,14H2,1-3H3;1H. The first kappa shape index (κ1) is 20.5. The molecule has 2 unspecified atom stereocenters. The van der Waals surface area contributed by atoms with Crippen molar-refractivity contribution < 1.29 is 4.74 Å². The van der Waals surface area contributed by atoms with Gasteiger partial charge in [-0.05, 0) is 32.4 Å². The summed E-state index contributed by atoms with van der Waals surface area (Å²) in [5.41, 5.74) is 0. The van der Waals surface area contributed by atoms with Gasteiger partial charge in [0.1, 0.15) is 6.23 Å². The normalized spacial score (nSPS) is 13.7. The zero-order valence-corrected chi connectivity index (χ0v) is 14.9. The first-order valence-electron chi connectivity index (χ1n) is 8.52. The molecular formula is C18H34ClNO. The molecule has 0 bridgehead atoms. The van der Waals surface area contributed by atoms with Crippen molar-refractivity contribution in [3.05, 3.63) is 24.5 Å². The Labute approximate surface area is 137 Å². The predicted molar refractivity (Wildman–Crippen MR) is 94.2 cm³/mol. The smallest absolute Gasteiger partial charge is 0.130 e. The lowest BCUT2D eigenvalue weighted by Gasteiger charge is -2.20. The first-order chi connectivity index (χ1) is 9.74. The van der Waals surface area contributed by atoms with E-state index >= 15 is 0 Å².